The third-order valence-electron chi connectivity index (χ3n) is 3.39. The average molecular weight is 256 g/mol. The summed E-state index contributed by atoms with van der Waals surface area (Å²) in [6, 6.07) is 10.3. The van der Waals surface area contributed by atoms with Crippen molar-refractivity contribution >= 4 is 5.82 Å². The zero-order chi connectivity index (χ0) is 13.8. The highest BCUT2D eigenvalue weighted by molar-refractivity contribution is 5.50. The van der Waals surface area contributed by atoms with Crippen LogP contribution in [0, 0.1) is 13.8 Å². The monoisotopic (exact) mass is 256 g/mol. The minimum absolute atomic E-state index is 0.483. The number of hydrogen-bond donors (Lipinski definition) is 1. The van der Waals surface area contributed by atoms with Crippen LogP contribution in [0.5, 0.6) is 0 Å². The predicted octanol–water partition coefficient (Wildman–Crippen LogP) is 2.19. The van der Waals surface area contributed by atoms with E-state index in [0.717, 1.165) is 29.2 Å². The molecular weight excluding hydrogens is 236 g/mol. The zero-order valence-corrected chi connectivity index (χ0v) is 11.7. The lowest BCUT2D eigenvalue weighted by molar-refractivity contribution is 0.823. The number of nitrogens with two attached hydrogens (primary N) is 1. The van der Waals surface area contributed by atoms with Gasteiger partial charge in [0, 0.05) is 25.7 Å². The molecule has 0 saturated carbocycles. The lowest BCUT2D eigenvalue weighted by Crippen LogP contribution is -2.22. The van der Waals surface area contributed by atoms with E-state index in [2.05, 4.69) is 27.2 Å². The highest BCUT2D eigenvalue weighted by Gasteiger charge is 2.13. The number of nitrogens with zero attached hydrogens (tertiary/aromatic N) is 3. The van der Waals surface area contributed by atoms with Crippen LogP contribution in [-0.2, 0) is 13.1 Å². The fraction of sp³-hybridized carbons (Fsp3) is 0.333. The molecule has 1 aromatic heterocycles. The number of anilines is 1. The predicted molar refractivity (Wildman–Crippen MR) is 77.9 cm³/mol. The Balaban J connectivity index is 2.29. The standard InChI is InChI=1S/C15H20N4/c1-11-12(2)17-18-15(14(11)9-16)19(3)10-13-7-5-4-6-8-13/h4-8H,9-10,16H2,1-3H3. The Morgan fingerprint density at radius 2 is 1.79 bits per heavy atom. The molecule has 4 nitrogen and oxygen atoms in total. The number of rotatable bonds is 4. The third kappa shape index (κ3) is 2.90. The molecule has 4 heteroatoms. The normalized spacial score (nSPS) is 10.5. The van der Waals surface area contributed by atoms with Gasteiger partial charge in [-0.1, -0.05) is 30.3 Å². The van der Waals surface area contributed by atoms with Crippen molar-refractivity contribution in [3.05, 3.63) is 52.7 Å². The Labute approximate surface area is 114 Å². The molecule has 0 aliphatic heterocycles. The first-order valence-electron chi connectivity index (χ1n) is 6.41. The lowest BCUT2D eigenvalue weighted by atomic mass is 10.1. The summed E-state index contributed by atoms with van der Waals surface area (Å²) >= 11 is 0. The Bertz CT molecular complexity index is 552. The minimum atomic E-state index is 0.483. The Hall–Kier alpha value is -1.94. The molecule has 0 aliphatic rings. The van der Waals surface area contributed by atoms with Gasteiger partial charge in [-0.15, -0.1) is 5.10 Å². The highest BCUT2D eigenvalue weighted by atomic mass is 15.2. The first-order valence-corrected chi connectivity index (χ1v) is 6.41. The molecule has 0 radical (unpaired) electrons. The quantitative estimate of drug-likeness (QED) is 0.911. The summed E-state index contributed by atoms with van der Waals surface area (Å²) in [7, 11) is 2.02. The highest BCUT2D eigenvalue weighted by Crippen LogP contribution is 2.21. The van der Waals surface area contributed by atoms with Crippen molar-refractivity contribution in [1.29, 1.82) is 0 Å². The molecule has 0 aliphatic carbocycles. The summed E-state index contributed by atoms with van der Waals surface area (Å²) in [4.78, 5) is 2.09. The summed E-state index contributed by atoms with van der Waals surface area (Å²) in [5, 5.41) is 8.50. The number of hydrogen-bond acceptors (Lipinski definition) is 4. The van der Waals surface area contributed by atoms with Crippen LogP contribution < -0.4 is 10.6 Å². The Kier molecular flexibility index (Phi) is 4.12. The maximum Gasteiger partial charge on any atom is 0.156 e. The lowest BCUT2D eigenvalue weighted by Gasteiger charge is -2.22. The van der Waals surface area contributed by atoms with Crippen LogP contribution in [0.4, 0.5) is 5.82 Å². The average Bonchev–Trinajstić information content (AvgIpc) is 2.42. The summed E-state index contributed by atoms with van der Waals surface area (Å²) in [6.45, 7) is 5.29. The first kappa shape index (κ1) is 13.5. The van der Waals surface area contributed by atoms with Gasteiger partial charge in [0.25, 0.3) is 0 Å². The molecule has 2 aromatic rings. The molecule has 0 saturated heterocycles. The summed E-state index contributed by atoms with van der Waals surface area (Å²) in [5.41, 5.74) is 10.2. The van der Waals surface area contributed by atoms with E-state index in [4.69, 9.17) is 5.73 Å². The van der Waals surface area contributed by atoms with Crippen LogP contribution >= 0.6 is 0 Å². The van der Waals surface area contributed by atoms with Crippen LogP contribution in [0.15, 0.2) is 30.3 Å². The van der Waals surface area contributed by atoms with E-state index < -0.39 is 0 Å². The third-order valence-corrected chi connectivity index (χ3v) is 3.39. The van der Waals surface area contributed by atoms with E-state index in [1.54, 1.807) is 0 Å². The Morgan fingerprint density at radius 1 is 1.11 bits per heavy atom. The van der Waals surface area contributed by atoms with E-state index in [1.165, 1.54) is 5.56 Å². The maximum absolute atomic E-state index is 5.86. The van der Waals surface area contributed by atoms with Crippen molar-refractivity contribution in [3.63, 3.8) is 0 Å². The van der Waals surface area contributed by atoms with E-state index in [9.17, 15) is 0 Å². The SMILES string of the molecule is Cc1nnc(N(C)Cc2ccccc2)c(CN)c1C. The van der Waals surface area contributed by atoms with Crippen LogP contribution in [0.25, 0.3) is 0 Å². The van der Waals surface area contributed by atoms with Crippen LogP contribution in [-0.4, -0.2) is 17.2 Å². The molecule has 0 unspecified atom stereocenters. The van der Waals surface area contributed by atoms with Gasteiger partial charge < -0.3 is 10.6 Å². The molecule has 0 amide bonds. The second-order valence-electron chi connectivity index (χ2n) is 4.76. The molecule has 1 aromatic carbocycles. The van der Waals surface area contributed by atoms with Crippen molar-refractivity contribution in [2.24, 2.45) is 5.73 Å². The molecule has 2 rings (SSSR count). The Morgan fingerprint density at radius 3 is 2.42 bits per heavy atom. The number of benzene rings is 1. The van der Waals surface area contributed by atoms with Gasteiger partial charge in [0.1, 0.15) is 0 Å². The second-order valence-corrected chi connectivity index (χ2v) is 4.76. The summed E-state index contributed by atoms with van der Waals surface area (Å²) < 4.78 is 0. The van der Waals surface area contributed by atoms with Gasteiger partial charge in [0.2, 0.25) is 0 Å². The molecule has 19 heavy (non-hydrogen) atoms. The van der Waals surface area contributed by atoms with Gasteiger partial charge in [-0.05, 0) is 25.0 Å². The van der Waals surface area contributed by atoms with E-state index in [1.807, 2.05) is 39.1 Å². The van der Waals surface area contributed by atoms with Crippen LogP contribution in [0.2, 0.25) is 0 Å². The summed E-state index contributed by atoms with van der Waals surface area (Å²) in [5.74, 6) is 0.870. The van der Waals surface area contributed by atoms with Gasteiger partial charge in [-0.2, -0.15) is 5.10 Å². The molecule has 0 bridgehead atoms. The van der Waals surface area contributed by atoms with Crippen molar-refractivity contribution < 1.29 is 0 Å². The van der Waals surface area contributed by atoms with Crippen molar-refractivity contribution in [2.75, 3.05) is 11.9 Å². The fourth-order valence-electron chi connectivity index (χ4n) is 2.13. The van der Waals surface area contributed by atoms with Gasteiger partial charge >= 0.3 is 0 Å². The van der Waals surface area contributed by atoms with E-state index in [-0.39, 0.29) is 0 Å². The van der Waals surface area contributed by atoms with Crippen LogP contribution in [0.3, 0.4) is 0 Å². The van der Waals surface area contributed by atoms with Gasteiger partial charge in [-0.3, -0.25) is 0 Å². The van der Waals surface area contributed by atoms with Crippen molar-refractivity contribution in [2.45, 2.75) is 26.9 Å². The molecule has 2 N–H and O–H groups in total. The largest absolute Gasteiger partial charge is 0.354 e. The van der Waals surface area contributed by atoms with Gasteiger partial charge in [-0.25, -0.2) is 0 Å². The van der Waals surface area contributed by atoms with Gasteiger partial charge in [0.05, 0.1) is 5.69 Å². The van der Waals surface area contributed by atoms with Crippen LogP contribution in [0.1, 0.15) is 22.4 Å². The smallest absolute Gasteiger partial charge is 0.156 e. The second kappa shape index (κ2) is 5.80. The number of aryl methyl sites for hydroxylation is 1. The zero-order valence-electron chi connectivity index (χ0n) is 11.7. The van der Waals surface area contributed by atoms with E-state index in [0.29, 0.717) is 6.54 Å². The molecule has 0 atom stereocenters. The summed E-state index contributed by atoms with van der Waals surface area (Å²) in [6.07, 6.45) is 0. The van der Waals surface area contributed by atoms with Gasteiger partial charge in [0.15, 0.2) is 5.82 Å². The topological polar surface area (TPSA) is 55.0 Å². The maximum atomic E-state index is 5.86. The van der Waals surface area contributed by atoms with E-state index >= 15 is 0 Å². The van der Waals surface area contributed by atoms with Crippen molar-refractivity contribution in [1.82, 2.24) is 10.2 Å². The first-order chi connectivity index (χ1) is 9.13. The fourth-order valence-corrected chi connectivity index (χ4v) is 2.13. The molecular formula is C15H20N4. The molecule has 0 fully saturated rings. The molecule has 100 valence electrons. The minimum Gasteiger partial charge on any atom is -0.354 e. The van der Waals surface area contributed by atoms with Crippen molar-refractivity contribution in [3.8, 4) is 0 Å². The molecule has 1 heterocycles. The number of aromatic nitrogens is 2. The molecule has 0 spiro atoms.